The van der Waals surface area contributed by atoms with Crippen LogP contribution in [0.4, 0.5) is 4.39 Å². The Morgan fingerprint density at radius 2 is 1.75 bits per heavy atom. The third-order valence-corrected chi connectivity index (χ3v) is 3.05. The maximum absolute atomic E-state index is 12.9. The lowest BCUT2D eigenvalue weighted by Gasteiger charge is -2.01. The van der Waals surface area contributed by atoms with Crippen molar-refractivity contribution in [2.45, 2.75) is 9.79 Å². The van der Waals surface area contributed by atoms with Crippen molar-refractivity contribution in [3.05, 3.63) is 59.9 Å². The molecule has 0 aliphatic heterocycles. The van der Waals surface area contributed by atoms with Gasteiger partial charge in [0.15, 0.2) is 0 Å². The van der Waals surface area contributed by atoms with Crippen molar-refractivity contribution < 1.29 is 9.18 Å². The summed E-state index contributed by atoms with van der Waals surface area (Å²) in [4.78, 5) is 12.3. The van der Waals surface area contributed by atoms with Gasteiger partial charge in [-0.05, 0) is 30.3 Å². The molecular formula is C13H9FOS. The van der Waals surface area contributed by atoms with Crippen LogP contribution in [-0.4, -0.2) is 6.29 Å². The van der Waals surface area contributed by atoms with Gasteiger partial charge in [-0.2, -0.15) is 0 Å². The van der Waals surface area contributed by atoms with Crippen LogP contribution in [0.25, 0.3) is 0 Å². The zero-order valence-corrected chi connectivity index (χ0v) is 9.21. The highest BCUT2D eigenvalue weighted by Crippen LogP contribution is 2.27. The summed E-state index contributed by atoms with van der Waals surface area (Å²) in [6.07, 6.45) is 0.802. The van der Waals surface area contributed by atoms with E-state index in [-0.39, 0.29) is 5.82 Å². The molecule has 2 aromatic rings. The first-order valence-electron chi connectivity index (χ1n) is 4.76. The minimum atomic E-state index is -0.241. The van der Waals surface area contributed by atoms with Gasteiger partial charge in [0, 0.05) is 15.4 Å². The summed E-state index contributed by atoms with van der Waals surface area (Å²) >= 11 is 1.47. The Labute approximate surface area is 97.3 Å². The van der Waals surface area contributed by atoms with Crippen LogP contribution in [0.1, 0.15) is 10.4 Å². The van der Waals surface area contributed by atoms with Gasteiger partial charge in [0.1, 0.15) is 12.1 Å². The Morgan fingerprint density at radius 3 is 2.38 bits per heavy atom. The molecule has 0 radical (unpaired) electrons. The summed E-state index contributed by atoms with van der Waals surface area (Å²) in [5, 5.41) is 0. The highest BCUT2D eigenvalue weighted by Gasteiger charge is 1.99. The van der Waals surface area contributed by atoms with Crippen molar-refractivity contribution in [1.82, 2.24) is 0 Å². The van der Waals surface area contributed by atoms with Crippen LogP contribution in [-0.2, 0) is 0 Å². The number of halogens is 1. The van der Waals surface area contributed by atoms with E-state index < -0.39 is 0 Å². The molecule has 16 heavy (non-hydrogen) atoms. The molecule has 2 aromatic carbocycles. The van der Waals surface area contributed by atoms with Crippen LogP contribution in [0.5, 0.6) is 0 Å². The van der Waals surface area contributed by atoms with Crippen LogP contribution < -0.4 is 0 Å². The van der Waals surface area contributed by atoms with Crippen molar-refractivity contribution >= 4 is 18.0 Å². The van der Waals surface area contributed by atoms with E-state index in [1.54, 1.807) is 18.2 Å². The molecule has 1 nitrogen and oxygen atoms in total. The number of rotatable bonds is 3. The van der Waals surface area contributed by atoms with E-state index >= 15 is 0 Å². The van der Waals surface area contributed by atoms with Crippen molar-refractivity contribution in [3.63, 3.8) is 0 Å². The monoisotopic (exact) mass is 232 g/mol. The van der Waals surface area contributed by atoms with Crippen LogP contribution >= 0.6 is 11.8 Å². The molecule has 2 rings (SSSR count). The first-order valence-corrected chi connectivity index (χ1v) is 5.58. The van der Waals surface area contributed by atoms with E-state index in [1.165, 1.54) is 23.9 Å². The number of hydrogen-bond donors (Lipinski definition) is 0. The Kier molecular flexibility index (Phi) is 3.37. The van der Waals surface area contributed by atoms with Crippen LogP contribution in [0, 0.1) is 5.82 Å². The number of carbonyl (C=O) groups is 1. The van der Waals surface area contributed by atoms with Crippen molar-refractivity contribution in [3.8, 4) is 0 Å². The molecule has 0 saturated heterocycles. The number of aldehydes is 1. The molecule has 0 aliphatic carbocycles. The van der Waals surface area contributed by atoms with Crippen molar-refractivity contribution in [2.24, 2.45) is 0 Å². The van der Waals surface area contributed by atoms with Crippen LogP contribution in [0.3, 0.4) is 0 Å². The molecular weight excluding hydrogens is 223 g/mol. The van der Waals surface area contributed by atoms with Gasteiger partial charge >= 0.3 is 0 Å². The quantitative estimate of drug-likeness (QED) is 0.749. The molecule has 0 heterocycles. The molecule has 3 heteroatoms. The fourth-order valence-corrected chi connectivity index (χ4v) is 2.14. The van der Waals surface area contributed by atoms with Gasteiger partial charge in [-0.15, -0.1) is 0 Å². The Morgan fingerprint density at radius 1 is 1.00 bits per heavy atom. The zero-order valence-electron chi connectivity index (χ0n) is 8.39. The maximum Gasteiger partial charge on any atom is 0.150 e. The third kappa shape index (κ3) is 2.70. The summed E-state index contributed by atoms with van der Waals surface area (Å²) in [6.45, 7) is 0. The van der Waals surface area contributed by atoms with Gasteiger partial charge in [0.25, 0.3) is 0 Å². The lowest BCUT2D eigenvalue weighted by atomic mass is 10.2. The SMILES string of the molecule is O=Cc1ccc(Sc2cccc(F)c2)cc1. The van der Waals surface area contributed by atoms with Crippen molar-refractivity contribution in [1.29, 1.82) is 0 Å². The predicted octanol–water partition coefficient (Wildman–Crippen LogP) is 3.79. The molecule has 0 aromatic heterocycles. The molecule has 0 fully saturated rings. The zero-order chi connectivity index (χ0) is 11.4. The fraction of sp³-hybridized carbons (Fsp3) is 0. The molecule has 80 valence electrons. The molecule has 0 aliphatic rings. The second-order valence-electron chi connectivity index (χ2n) is 3.25. The summed E-state index contributed by atoms with van der Waals surface area (Å²) < 4.78 is 12.9. The summed E-state index contributed by atoms with van der Waals surface area (Å²) in [6, 6.07) is 13.6. The Balaban J connectivity index is 2.17. The van der Waals surface area contributed by atoms with Gasteiger partial charge in [-0.1, -0.05) is 30.0 Å². The van der Waals surface area contributed by atoms with E-state index in [4.69, 9.17) is 0 Å². The topological polar surface area (TPSA) is 17.1 Å². The second kappa shape index (κ2) is 4.94. The molecule has 0 spiro atoms. The molecule has 0 amide bonds. The largest absolute Gasteiger partial charge is 0.298 e. The highest BCUT2D eigenvalue weighted by atomic mass is 32.2. The van der Waals surface area contributed by atoms with Gasteiger partial charge < -0.3 is 0 Å². The minimum absolute atomic E-state index is 0.241. The molecule has 0 unspecified atom stereocenters. The van der Waals surface area contributed by atoms with Crippen LogP contribution in [0.15, 0.2) is 58.3 Å². The minimum Gasteiger partial charge on any atom is -0.298 e. The van der Waals surface area contributed by atoms with E-state index in [9.17, 15) is 9.18 Å². The molecule has 0 atom stereocenters. The normalized spacial score (nSPS) is 10.1. The highest BCUT2D eigenvalue weighted by molar-refractivity contribution is 7.99. The van der Waals surface area contributed by atoms with Crippen molar-refractivity contribution in [2.75, 3.05) is 0 Å². The molecule has 0 N–H and O–H groups in total. The summed E-state index contributed by atoms with van der Waals surface area (Å²) in [7, 11) is 0. The standard InChI is InChI=1S/C13H9FOS/c14-11-2-1-3-13(8-11)16-12-6-4-10(9-15)5-7-12/h1-9H. The van der Waals surface area contributed by atoms with Gasteiger partial charge in [0.05, 0.1) is 0 Å². The van der Waals surface area contributed by atoms with Crippen LogP contribution in [0.2, 0.25) is 0 Å². The van der Waals surface area contributed by atoms with Gasteiger partial charge in [-0.3, -0.25) is 4.79 Å². The van der Waals surface area contributed by atoms with E-state index in [0.717, 1.165) is 16.1 Å². The second-order valence-corrected chi connectivity index (χ2v) is 4.39. The Hall–Kier alpha value is -1.61. The lowest BCUT2D eigenvalue weighted by Crippen LogP contribution is -1.79. The van der Waals surface area contributed by atoms with Gasteiger partial charge in [-0.25, -0.2) is 4.39 Å². The fourth-order valence-electron chi connectivity index (χ4n) is 1.28. The summed E-state index contributed by atoms with van der Waals surface area (Å²) in [5.41, 5.74) is 0.642. The van der Waals surface area contributed by atoms with Gasteiger partial charge in [0.2, 0.25) is 0 Å². The number of benzene rings is 2. The third-order valence-electron chi connectivity index (χ3n) is 2.05. The molecule has 0 saturated carbocycles. The average Bonchev–Trinajstić information content (AvgIpc) is 2.30. The molecule has 0 bridgehead atoms. The maximum atomic E-state index is 12.9. The van der Waals surface area contributed by atoms with E-state index in [1.807, 2.05) is 18.2 Å². The average molecular weight is 232 g/mol. The predicted molar refractivity (Wildman–Crippen MR) is 62.4 cm³/mol. The van der Waals surface area contributed by atoms with E-state index in [0.29, 0.717) is 5.56 Å². The Bertz CT molecular complexity index is 494. The number of hydrogen-bond acceptors (Lipinski definition) is 2. The first-order chi connectivity index (χ1) is 7.78. The smallest absolute Gasteiger partial charge is 0.150 e. The summed E-state index contributed by atoms with van der Waals surface area (Å²) in [5.74, 6) is -0.241. The number of carbonyl (C=O) groups excluding carboxylic acids is 1. The van der Waals surface area contributed by atoms with E-state index in [2.05, 4.69) is 0 Å². The first kappa shape index (κ1) is 10.9. The lowest BCUT2D eigenvalue weighted by molar-refractivity contribution is 0.112.